The van der Waals surface area contributed by atoms with Crippen molar-refractivity contribution in [3.8, 4) is 0 Å². The number of carbonyl (C=O) groups excluding carboxylic acids is 2. The maximum atomic E-state index is 13.1. The number of hydrogen-bond acceptors (Lipinski definition) is 6. The summed E-state index contributed by atoms with van der Waals surface area (Å²) in [5.41, 5.74) is 3.68. The summed E-state index contributed by atoms with van der Waals surface area (Å²) in [6, 6.07) is 7.57. The Balaban J connectivity index is 1.55. The molecule has 170 valence electrons. The van der Waals surface area contributed by atoms with Gasteiger partial charge in [-0.25, -0.2) is 9.97 Å². The molecule has 8 nitrogen and oxygen atoms in total. The van der Waals surface area contributed by atoms with Crippen molar-refractivity contribution in [1.82, 2.24) is 19.8 Å². The zero-order valence-electron chi connectivity index (χ0n) is 19.1. The molecule has 3 heterocycles. The summed E-state index contributed by atoms with van der Waals surface area (Å²) in [5, 5.41) is 3.22. The number of nitrogens with zero attached hydrogens (tertiary/aromatic N) is 4. The summed E-state index contributed by atoms with van der Waals surface area (Å²) < 4.78 is 5.15. The monoisotopic (exact) mass is 437 g/mol. The number of likely N-dealkylation sites (tertiary alicyclic amines) is 1. The Kier molecular flexibility index (Phi) is 6.69. The van der Waals surface area contributed by atoms with Gasteiger partial charge in [0.05, 0.1) is 18.8 Å². The van der Waals surface area contributed by atoms with E-state index in [1.54, 1.807) is 14.0 Å². The van der Waals surface area contributed by atoms with Gasteiger partial charge in [-0.15, -0.1) is 0 Å². The van der Waals surface area contributed by atoms with Gasteiger partial charge in [-0.05, 0) is 37.0 Å². The highest BCUT2D eigenvalue weighted by Gasteiger charge is 2.29. The van der Waals surface area contributed by atoms with Gasteiger partial charge in [0.25, 0.3) is 5.91 Å². The summed E-state index contributed by atoms with van der Waals surface area (Å²) in [6.07, 6.45) is 2.62. The van der Waals surface area contributed by atoms with E-state index in [2.05, 4.69) is 5.32 Å². The highest BCUT2D eigenvalue weighted by Crippen LogP contribution is 2.30. The van der Waals surface area contributed by atoms with Crippen molar-refractivity contribution in [2.45, 2.75) is 45.3 Å². The molecular weight excluding hydrogens is 406 g/mol. The molecule has 2 aromatic rings. The molecule has 4 rings (SSSR count). The van der Waals surface area contributed by atoms with Crippen molar-refractivity contribution in [2.24, 2.45) is 0 Å². The van der Waals surface area contributed by atoms with Gasteiger partial charge in [-0.2, -0.15) is 0 Å². The van der Waals surface area contributed by atoms with Gasteiger partial charge >= 0.3 is 0 Å². The number of nitrogens with one attached hydrogen (secondary N) is 1. The third kappa shape index (κ3) is 4.60. The number of ether oxygens (including phenoxy) is 1. The molecule has 0 spiro atoms. The maximum Gasteiger partial charge on any atom is 0.254 e. The molecule has 2 aliphatic heterocycles. The lowest BCUT2D eigenvalue weighted by molar-refractivity contribution is -0.130. The van der Waals surface area contributed by atoms with Crippen molar-refractivity contribution in [2.75, 3.05) is 39.1 Å². The van der Waals surface area contributed by atoms with Crippen molar-refractivity contribution in [3.63, 3.8) is 0 Å². The molecule has 1 fully saturated rings. The zero-order valence-corrected chi connectivity index (χ0v) is 19.1. The van der Waals surface area contributed by atoms with E-state index in [-0.39, 0.29) is 17.7 Å². The van der Waals surface area contributed by atoms with Crippen LogP contribution in [0.3, 0.4) is 0 Å². The molecule has 0 radical (unpaired) electrons. The summed E-state index contributed by atoms with van der Waals surface area (Å²) in [7, 11) is 3.53. The summed E-state index contributed by atoms with van der Waals surface area (Å²) in [6.45, 7) is 4.67. The quantitative estimate of drug-likeness (QED) is 0.774. The van der Waals surface area contributed by atoms with Crippen LogP contribution >= 0.6 is 0 Å². The van der Waals surface area contributed by atoms with Crippen LogP contribution in [0.4, 0.5) is 5.82 Å². The van der Waals surface area contributed by atoms with E-state index in [0.29, 0.717) is 38.2 Å². The van der Waals surface area contributed by atoms with Crippen molar-refractivity contribution < 1.29 is 14.3 Å². The SMILES string of the molecule is CNc1nc([C@@H]2CCCN(C(C)=O)C2)nc2c1CCN(C(=O)c1ccc(COC)cc1)C2. The number of anilines is 1. The van der Waals surface area contributed by atoms with Crippen molar-refractivity contribution >= 4 is 17.6 Å². The Morgan fingerprint density at radius 3 is 2.62 bits per heavy atom. The van der Waals surface area contributed by atoms with Crippen LogP contribution in [-0.4, -0.2) is 65.4 Å². The average molecular weight is 438 g/mol. The molecule has 1 aromatic heterocycles. The van der Waals surface area contributed by atoms with Gasteiger partial charge < -0.3 is 19.9 Å². The average Bonchev–Trinajstić information content (AvgIpc) is 2.83. The number of hydrogen-bond donors (Lipinski definition) is 1. The molecule has 0 bridgehead atoms. The third-order valence-corrected chi connectivity index (χ3v) is 6.35. The van der Waals surface area contributed by atoms with E-state index in [1.807, 2.05) is 41.1 Å². The lowest BCUT2D eigenvalue weighted by Crippen LogP contribution is -2.39. The lowest BCUT2D eigenvalue weighted by atomic mass is 9.96. The van der Waals surface area contributed by atoms with Crippen LogP contribution in [0.25, 0.3) is 0 Å². The van der Waals surface area contributed by atoms with E-state index < -0.39 is 0 Å². The molecule has 2 aliphatic rings. The van der Waals surface area contributed by atoms with Crippen LogP contribution < -0.4 is 5.32 Å². The molecule has 32 heavy (non-hydrogen) atoms. The first-order chi connectivity index (χ1) is 15.5. The van der Waals surface area contributed by atoms with Crippen molar-refractivity contribution in [1.29, 1.82) is 0 Å². The van der Waals surface area contributed by atoms with Gasteiger partial charge in [-0.3, -0.25) is 9.59 Å². The van der Waals surface area contributed by atoms with E-state index in [4.69, 9.17) is 14.7 Å². The maximum absolute atomic E-state index is 13.1. The first-order valence-corrected chi connectivity index (χ1v) is 11.2. The highest BCUT2D eigenvalue weighted by atomic mass is 16.5. The van der Waals surface area contributed by atoms with Crippen LogP contribution in [0.15, 0.2) is 24.3 Å². The third-order valence-electron chi connectivity index (χ3n) is 6.35. The van der Waals surface area contributed by atoms with Crippen LogP contribution in [0.2, 0.25) is 0 Å². The van der Waals surface area contributed by atoms with Crippen LogP contribution in [0, 0.1) is 0 Å². The molecule has 8 heteroatoms. The number of piperidine rings is 1. The second kappa shape index (κ2) is 9.65. The predicted molar refractivity (Wildman–Crippen MR) is 121 cm³/mol. The number of fused-ring (bicyclic) bond motifs is 1. The van der Waals surface area contributed by atoms with Crippen molar-refractivity contribution in [3.05, 3.63) is 52.5 Å². The van der Waals surface area contributed by atoms with E-state index in [9.17, 15) is 9.59 Å². The smallest absolute Gasteiger partial charge is 0.254 e. The van der Waals surface area contributed by atoms with E-state index in [0.717, 1.165) is 47.8 Å². The topological polar surface area (TPSA) is 87.7 Å². The van der Waals surface area contributed by atoms with Gasteiger partial charge in [0.1, 0.15) is 11.6 Å². The van der Waals surface area contributed by atoms with Crippen LogP contribution in [0.5, 0.6) is 0 Å². The summed E-state index contributed by atoms with van der Waals surface area (Å²) in [5.74, 6) is 1.81. The van der Waals surface area contributed by atoms with E-state index in [1.165, 1.54) is 0 Å². The Bertz CT molecular complexity index is 992. The zero-order chi connectivity index (χ0) is 22.7. The van der Waals surface area contributed by atoms with Gasteiger partial charge in [0, 0.05) is 57.8 Å². The van der Waals surface area contributed by atoms with Gasteiger partial charge in [-0.1, -0.05) is 12.1 Å². The standard InChI is InChI=1S/C24H31N5O3/c1-16(30)28-11-4-5-19(13-28)22-26-21-14-29(12-10-20(21)23(25-2)27-22)24(31)18-8-6-17(7-9-18)15-32-3/h6-9,19H,4-5,10-15H2,1-3H3,(H,25,26,27)/t19-/m1/s1. The molecule has 1 saturated heterocycles. The second-order valence-electron chi connectivity index (χ2n) is 8.52. The molecule has 2 amide bonds. The largest absolute Gasteiger partial charge is 0.380 e. The van der Waals surface area contributed by atoms with E-state index >= 15 is 0 Å². The molecule has 1 N–H and O–H groups in total. The molecular formula is C24H31N5O3. The number of rotatable bonds is 5. The fourth-order valence-corrected chi connectivity index (χ4v) is 4.58. The Morgan fingerprint density at radius 1 is 1.16 bits per heavy atom. The number of aromatic nitrogens is 2. The Hall–Kier alpha value is -3.00. The highest BCUT2D eigenvalue weighted by molar-refractivity contribution is 5.94. The fraction of sp³-hybridized carbons (Fsp3) is 0.500. The predicted octanol–water partition coefficient (Wildman–Crippen LogP) is 2.59. The molecule has 0 saturated carbocycles. The normalized spacial score (nSPS) is 18.3. The minimum Gasteiger partial charge on any atom is -0.380 e. The van der Waals surface area contributed by atoms with Gasteiger partial charge in [0.15, 0.2) is 0 Å². The number of carbonyl (C=O) groups is 2. The molecule has 1 atom stereocenters. The minimum absolute atomic E-state index is 0.00575. The number of amides is 2. The van der Waals surface area contributed by atoms with Crippen LogP contribution in [-0.2, 0) is 29.1 Å². The minimum atomic E-state index is 0.00575. The molecule has 0 aliphatic carbocycles. The molecule has 1 aromatic carbocycles. The Labute approximate surface area is 189 Å². The van der Waals surface area contributed by atoms with Crippen LogP contribution in [0.1, 0.15) is 58.7 Å². The fourth-order valence-electron chi connectivity index (χ4n) is 4.58. The second-order valence-corrected chi connectivity index (χ2v) is 8.52. The Morgan fingerprint density at radius 2 is 1.94 bits per heavy atom. The first kappa shape index (κ1) is 22.2. The summed E-state index contributed by atoms with van der Waals surface area (Å²) >= 11 is 0. The van der Waals surface area contributed by atoms with Gasteiger partial charge in [0.2, 0.25) is 5.91 Å². The number of methoxy groups -OCH3 is 1. The summed E-state index contributed by atoms with van der Waals surface area (Å²) in [4.78, 5) is 38.4. The first-order valence-electron chi connectivity index (χ1n) is 11.2. The molecule has 0 unspecified atom stereocenters. The number of benzene rings is 1. The lowest BCUT2D eigenvalue weighted by Gasteiger charge is -2.33.